The van der Waals surface area contributed by atoms with Crippen molar-refractivity contribution in [3.63, 3.8) is 0 Å². The maximum absolute atomic E-state index is 12.5. The number of benzene rings is 1. The Bertz CT molecular complexity index is 628. The van der Waals surface area contributed by atoms with Crippen molar-refractivity contribution < 1.29 is 22.8 Å². The molecule has 0 bridgehead atoms. The van der Waals surface area contributed by atoms with Gasteiger partial charge in [-0.25, -0.2) is 0 Å². The molecule has 22 heavy (non-hydrogen) atoms. The van der Waals surface area contributed by atoms with Gasteiger partial charge in [0.05, 0.1) is 5.56 Å². The molecule has 0 spiro atoms. The highest BCUT2D eigenvalue weighted by atomic mass is 19.4. The Balaban J connectivity index is 2.11. The Kier molecular flexibility index (Phi) is 4.13. The van der Waals surface area contributed by atoms with Gasteiger partial charge in [-0.15, -0.1) is 0 Å². The van der Waals surface area contributed by atoms with Gasteiger partial charge < -0.3 is 5.32 Å². The number of alkyl halides is 3. The molecule has 0 fully saturated rings. The molecule has 0 heterocycles. The molecule has 0 radical (unpaired) electrons. The van der Waals surface area contributed by atoms with E-state index in [1.165, 1.54) is 6.08 Å². The molecule has 0 atom stereocenters. The van der Waals surface area contributed by atoms with Crippen LogP contribution >= 0.6 is 0 Å². The number of carbonyl (C=O) groups is 2. The van der Waals surface area contributed by atoms with E-state index in [4.69, 9.17) is 0 Å². The Hall–Kier alpha value is -2.11. The Morgan fingerprint density at radius 3 is 2.23 bits per heavy atom. The number of hydrogen-bond acceptors (Lipinski definition) is 2. The van der Waals surface area contributed by atoms with Crippen LogP contribution in [0.4, 0.5) is 13.2 Å². The Morgan fingerprint density at radius 2 is 1.73 bits per heavy atom. The highest BCUT2D eigenvalue weighted by Gasteiger charge is 2.31. The van der Waals surface area contributed by atoms with Gasteiger partial charge in [0, 0.05) is 23.8 Å². The first-order chi connectivity index (χ1) is 10.1. The topological polar surface area (TPSA) is 46.2 Å². The van der Waals surface area contributed by atoms with Crippen LogP contribution < -0.4 is 5.32 Å². The van der Waals surface area contributed by atoms with E-state index in [0.717, 1.165) is 24.3 Å². The standard InChI is InChI=1S/C16H16F3NO2/c1-15(2)8-12(7-13(21)9-15)20-14(22)10-3-5-11(6-4-10)16(17,18)19/h3-7H,8-9H2,1-2H3,(H,20,22). The van der Waals surface area contributed by atoms with E-state index in [-0.39, 0.29) is 16.8 Å². The molecule has 1 amide bonds. The zero-order valence-electron chi connectivity index (χ0n) is 12.3. The molecule has 6 heteroatoms. The van der Waals surface area contributed by atoms with E-state index < -0.39 is 17.6 Å². The van der Waals surface area contributed by atoms with Gasteiger partial charge in [-0.1, -0.05) is 13.8 Å². The van der Waals surface area contributed by atoms with E-state index in [1.807, 2.05) is 13.8 Å². The fraction of sp³-hybridized carbons (Fsp3) is 0.375. The van der Waals surface area contributed by atoms with Crippen LogP contribution in [0.2, 0.25) is 0 Å². The first-order valence-electron chi connectivity index (χ1n) is 6.79. The Morgan fingerprint density at radius 1 is 1.14 bits per heavy atom. The minimum Gasteiger partial charge on any atom is -0.326 e. The van der Waals surface area contributed by atoms with Gasteiger partial charge in [-0.2, -0.15) is 13.2 Å². The summed E-state index contributed by atoms with van der Waals surface area (Å²) in [6.45, 7) is 3.84. The number of ketones is 1. The van der Waals surface area contributed by atoms with Crippen molar-refractivity contribution in [2.24, 2.45) is 5.41 Å². The molecule has 2 rings (SSSR count). The number of amides is 1. The van der Waals surface area contributed by atoms with Gasteiger partial charge in [-0.05, 0) is 36.1 Å². The summed E-state index contributed by atoms with van der Waals surface area (Å²) in [5, 5.41) is 2.60. The van der Waals surface area contributed by atoms with Crippen LogP contribution in [0.15, 0.2) is 36.0 Å². The predicted octanol–water partition coefficient (Wildman–Crippen LogP) is 3.71. The van der Waals surface area contributed by atoms with Gasteiger partial charge in [0.2, 0.25) is 0 Å². The number of hydrogen-bond donors (Lipinski definition) is 1. The maximum atomic E-state index is 12.5. The predicted molar refractivity (Wildman–Crippen MR) is 75.0 cm³/mol. The summed E-state index contributed by atoms with van der Waals surface area (Å²) in [6.07, 6.45) is -2.11. The van der Waals surface area contributed by atoms with Crippen molar-refractivity contribution in [1.29, 1.82) is 0 Å². The maximum Gasteiger partial charge on any atom is 0.416 e. The van der Waals surface area contributed by atoms with Crippen molar-refractivity contribution in [2.75, 3.05) is 0 Å². The summed E-state index contributed by atoms with van der Waals surface area (Å²) in [7, 11) is 0. The van der Waals surface area contributed by atoms with Crippen molar-refractivity contribution >= 4 is 11.7 Å². The number of rotatable bonds is 2. The average molecular weight is 311 g/mol. The molecule has 1 aromatic carbocycles. The third-order valence-corrected chi connectivity index (χ3v) is 3.41. The van der Waals surface area contributed by atoms with Crippen molar-refractivity contribution in [3.05, 3.63) is 47.2 Å². The smallest absolute Gasteiger partial charge is 0.326 e. The summed E-state index contributed by atoms with van der Waals surface area (Å²) in [5.74, 6) is -0.593. The molecule has 0 saturated carbocycles. The number of carbonyl (C=O) groups excluding carboxylic acids is 2. The molecular formula is C16H16F3NO2. The van der Waals surface area contributed by atoms with Crippen LogP contribution in [0.25, 0.3) is 0 Å². The van der Waals surface area contributed by atoms with Crippen LogP contribution in [0, 0.1) is 5.41 Å². The summed E-state index contributed by atoms with van der Waals surface area (Å²) in [4.78, 5) is 23.7. The number of nitrogens with one attached hydrogen (secondary N) is 1. The van der Waals surface area contributed by atoms with Gasteiger partial charge in [0.25, 0.3) is 5.91 Å². The van der Waals surface area contributed by atoms with Crippen LogP contribution in [-0.4, -0.2) is 11.7 Å². The molecule has 1 aliphatic carbocycles. The number of halogens is 3. The van der Waals surface area contributed by atoms with E-state index in [2.05, 4.69) is 5.32 Å². The summed E-state index contributed by atoms with van der Waals surface area (Å²) in [5.41, 5.74) is -0.442. The fourth-order valence-electron chi connectivity index (χ4n) is 2.45. The lowest BCUT2D eigenvalue weighted by Gasteiger charge is -2.28. The van der Waals surface area contributed by atoms with Crippen LogP contribution in [-0.2, 0) is 11.0 Å². The van der Waals surface area contributed by atoms with E-state index in [0.29, 0.717) is 18.5 Å². The molecule has 118 valence electrons. The average Bonchev–Trinajstić information content (AvgIpc) is 2.35. The SMILES string of the molecule is CC1(C)CC(=O)C=C(NC(=O)c2ccc(C(F)(F)F)cc2)C1. The van der Waals surface area contributed by atoms with Gasteiger partial charge in [0.15, 0.2) is 5.78 Å². The lowest BCUT2D eigenvalue weighted by Crippen LogP contribution is -2.31. The first-order valence-corrected chi connectivity index (χ1v) is 6.79. The van der Waals surface area contributed by atoms with Crippen LogP contribution in [0.3, 0.4) is 0 Å². The second-order valence-electron chi connectivity index (χ2n) is 6.18. The minimum absolute atomic E-state index is 0.0704. The molecule has 1 aliphatic rings. The van der Waals surface area contributed by atoms with Gasteiger partial charge in [-0.3, -0.25) is 9.59 Å². The minimum atomic E-state index is -4.43. The van der Waals surface area contributed by atoms with Gasteiger partial charge in [0.1, 0.15) is 0 Å². The molecule has 3 nitrogen and oxygen atoms in total. The quantitative estimate of drug-likeness (QED) is 0.905. The molecule has 0 aliphatic heterocycles. The molecule has 1 aromatic rings. The van der Waals surface area contributed by atoms with Crippen molar-refractivity contribution in [1.82, 2.24) is 5.32 Å². The first kappa shape index (κ1) is 16.3. The lowest BCUT2D eigenvalue weighted by atomic mass is 9.79. The second kappa shape index (κ2) is 5.59. The van der Waals surface area contributed by atoms with Gasteiger partial charge >= 0.3 is 6.18 Å². The third-order valence-electron chi connectivity index (χ3n) is 3.41. The van der Waals surface area contributed by atoms with Crippen LogP contribution in [0.1, 0.15) is 42.6 Å². The van der Waals surface area contributed by atoms with Crippen molar-refractivity contribution in [3.8, 4) is 0 Å². The highest BCUT2D eigenvalue weighted by molar-refractivity contribution is 5.97. The third kappa shape index (κ3) is 3.96. The zero-order valence-corrected chi connectivity index (χ0v) is 12.3. The molecule has 0 saturated heterocycles. The fourth-order valence-corrected chi connectivity index (χ4v) is 2.45. The van der Waals surface area contributed by atoms with Crippen molar-refractivity contribution in [2.45, 2.75) is 32.9 Å². The monoisotopic (exact) mass is 311 g/mol. The second-order valence-corrected chi connectivity index (χ2v) is 6.18. The van der Waals surface area contributed by atoms with E-state index >= 15 is 0 Å². The Labute approximate surface area is 126 Å². The highest BCUT2D eigenvalue weighted by Crippen LogP contribution is 2.33. The summed E-state index contributed by atoms with van der Waals surface area (Å²) >= 11 is 0. The molecular weight excluding hydrogens is 295 g/mol. The van der Waals surface area contributed by atoms with E-state index in [9.17, 15) is 22.8 Å². The lowest BCUT2D eigenvalue weighted by molar-refractivity contribution is -0.137. The molecule has 1 N–H and O–H groups in total. The largest absolute Gasteiger partial charge is 0.416 e. The molecule has 0 aromatic heterocycles. The normalized spacial score (nSPS) is 17.9. The summed E-state index contributed by atoms with van der Waals surface area (Å²) in [6, 6.07) is 3.96. The zero-order chi connectivity index (χ0) is 16.5. The van der Waals surface area contributed by atoms with Crippen LogP contribution in [0.5, 0.6) is 0 Å². The number of allylic oxidation sites excluding steroid dienone is 2. The van der Waals surface area contributed by atoms with E-state index in [1.54, 1.807) is 0 Å². The molecule has 0 unspecified atom stereocenters. The summed E-state index contributed by atoms with van der Waals surface area (Å²) < 4.78 is 37.4.